The number of aromatic hydroxyl groups is 1. The minimum absolute atomic E-state index is 0.155. The number of phenols is 1. The van der Waals surface area contributed by atoms with Crippen molar-refractivity contribution in [2.24, 2.45) is 0 Å². The molecule has 3 N–H and O–H groups in total. The molecule has 2 heterocycles. The van der Waals surface area contributed by atoms with E-state index >= 15 is 0 Å². The zero-order valence-electron chi connectivity index (χ0n) is 10.6. The molecule has 3 rings (SSSR count). The van der Waals surface area contributed by atoms with Gasteiger partial charge in [-0.3, -0.25) is 14.9 Å². The van der Waals surface area contributed by atoms with Crippen molar-refractivity contribution in [3.63, 3.8) is 0 Å². The van der Waals surface area contributed by atoms with Gasteiger partial charge < -0.3 is 15.7 Å². The number of phenolic OH excluding ortho intramolecular Hbond substituents is 1. The van der Waals surface area contributed by atoms with Crippen molar-refractivity contribution in [1.82, 2.24) is 10.3 Å². The second-order valence-corrected chi connectivity index (χ2v) is 4.45. The molecule has 1 aromatic carbocycles. The molecule has 8 nitrogen and oxygen atoms in total. The van der Waals surface area contributed by atoms with Crippen LogP contribution in [0.4, 0.5) is 11.5 Å². The Bertz CT molecular complexity index is 747. The van der Waals surface area contributed by atoms with Crippen LogP contribution >= 0.6 is 0 Å². The van der Waals surface area contributed by atoms with Crippen LogP contribution < -0.4 is 10.6 Å². The van der Waals surface area contributed by atoms with E-state index in [4.69, 9.17) is 0 Å². The van der Waals surface area contributed by atoms with E-state index in [1.807, 2.05) is 0 Å². The average molecular weight is 286 g/mol. The number of nitrogens with zero attached hydrogens (tertiary/aromatic N) is 2. The highest BCUT2D eigenvalue weighted by Crippen LogP contribution is 2.31. The molecule has 21 heavy (non-hydrogen) atoms. The van der Waals surface area contributed by atoms with E-state index < -0.39 is 11.1 Å². The summed E-state index contributed by atoms with van der Waals surface area (Å²) in [5.74, 6) is -0.164. The summed E-state index contributed by atoms with van der Waals surface area (Å²) in [4.78, 5) is 26.3. The van der Waals surface area contributed by atoms with E-state index in [9.17, 15) is 20.0 Å². The Hall–Kier alpha value is -3.16. The van der Waals surface area contributed by atoms with Crippen LogP contribution in [-0.4, -0.2) is 20.9 Å². The molecule has 0 bridgehead atoms. The first-order chi connectivity index (χ1) is 10.1. The highest BCUT2D eigenvalue weighted by molar-refractivity contribution is 6.00. The maximum absolute atomic E-state index is 12.0. The van der Waals surface area contributed by atoms with Crippen LogP contribution in [0.15, 0.2) is 36.5 Å². The van der Waals surface area contributed by atoms with Gasteiger partial charge in [0.05, 0.1) is 10.5 Å². The minimum Gasteiger partial charge on any atom is -0.508 e. The molecule has 106 valence electrons. The van der Waals surface area contributed by atoms with Crippen LogP contribution in [0.25, 0.3) is 0 Å². The summed E-state index contributed by atoms with van der Waals surface area (Å²) in [7, 11) is 0. The summed E-state index contributed by atoms with van der Waals surface area (Å²) in [6, 6.07) is 6.85. The van der Waals surface area contributed by atoms with Gasteiger partial charge in [-0.1, -0.05) is 0 Å². The van der Waals surface area contributed by atoms with Crippen molar-refractivity contribution in [2.75, 3.05) is 5.32 Å². The van der Waals surface area contributed by atoms with Crippen molar-refractivity contribution in [1.29, 1.82) is 0 Å². The number of amides is 1. The first-order valence-electron chi connectivity index (χ1n) is 6.06. The number of nitro groups is 1. The lowest BCUT2D eigenvalue weighted by Crippen LogP contribution is -2.38. The third-order valence-electron chi connectivity index (χ3n) is 3.14. The molecular weight excluding hydrogens is 276 g/mol. The number of nitro benzene ring substituents is 1. The molecule has 0 saturated carbocycles. The smallest absolute Gasteiger partial charge is 0.270 e. The van der Waals surface area contributed by atoms with Crippen molar-refractivity contribution in [3.8, 4) is 5.75 Å². The highest BCUT2D eigenvalue weighted by Gasteiger charge is 2.28. The lowest BCUT2D eigenvalue weighted by atomic mass is 10.1. The van der Waals surface area contributed by atoms with E-state index in [-0.39, 0.29) is 22.9 Å². The molecule has 8 heteroatoms. The fourth-order valence-corrected chi connectivity index (χ4v) is 2.13. The number of fused-ring (bicyclic) bond motifs is 1. The number of nitrogens with one attached hydrogen (secondary N) is 2. The van der Waals surface area contributed by atoms with E-state index in [1.54, 1.807) is 12.1 Å². The molecular formula is C13H10N4O4. The molecule has 1 amide bonds. The molecule has 0 fully saturated rings. The first-order valence-corrected chi connectivity index (χ1v) is 6.06. The Morgan fingerprint density at radius 1 is 1.29 bits per heavy atom. The summed E-state index contributed by atoms with van der Waals surface area (Å²) in [5, 5.41) is 26.2. The normalized spacial score (nSPS) is 16.6. The van der Waals surface area contributed by atoms with Gasteiger partial charge in [0.15, 0.2) is 0 Å². The molecule has 2 aromatic rings. The largest absolute Gasteiger partial charge is 0.508 e. The van der Waals surface area contributed by atoms with Gasteiger partial charge in [-0.05, 0) is 18.2 Å². The molecule has 1 aliphatic heterocycles. The number of benzene rings is 1. The number of carbonyl (C=O) groups excluding carboxylic acids is 1. The molecule has 1 aromatic heterocycles. The molecule has 0 saturated heterocycles. The zero-order valence-corrected chi connectivity index (χ0v) is 10.6. The summed E-state index contributed by atoms with van der Waals surface area (Å²) in [6.45, 7) is 0. The Morgan fingerprint density at radius 3 is 2.86 bits per heavy atom. The number of carbonyl (C=O) groups is 1. The van der Waals surface area contributed by atoms with Gasteiger partial charge in [0.2, 0.25) is 0 Å². The number of anilines is 1. The third kappa shape index (κ3) is 2.22. The van der Waals surface area contributed by atoms with Gasteiger partial charge >= 0.3 is 0 Å². The quantitative estimate of drug-likeness (QED) is 0.569. The van der Waals surface area contributed by atoms with Gasteiger partial charge in [-0.15, -0.1) is 0 Å². The number of aromatic nitrogens is 1. The number of hydrogen-bond donors (Lipinski definition) is 3. The van der Waals surface area contributed by atoms with Crippen LogP contribution in [-0.2, 0) is 0 Å². The lowest BCUT2D eigenvalue weighted by molar-refractivity contribution is -0.385. The zero-order chi connectivity index (χ0) is 15.0. The predicted octanol–water partition coefficient (Wildman–Crippen LogP) is 1.55. The van der Waals surface area contributed by atoms with Gasteiger partial charge in [0, 0.05) is 23.9 Å². The molecule has 0 unspecified atom stereocenters. The second kappa shape index (κ2) is 4.75. The molecule has 1 atom stereocenters. The number of non-ortho nitro benzene ring substituents is 1. The molecule has 0 aliphatic carbocycles. The van der Waals surface area contributed by atoms with E-state index in [1.165, 1.54) is 24.4 Å². The van der Waals surface area contributed by atoms with Gasteiger partial charge in [-0.25, -0.2) is 4.98 Å². The number of pyridine rings is 1. The van der Waals surface area contributed by atoms with Crippen molar-refractivity contribution < 1.29 is 14.8 Å². The Balaban J connectivity index is 2.01. The van der Waals surface area contributed by atoms with Crippen LogP contribution in [0.2, 0.25) is 0 Å². The number of hydrogen-bond acceptors (Lipinski definition) is 6. The predicted molar refractivity (Wildman–Crippen MR) is 72.8 cm³/mol. The van der Waals surface area contributed by atoms with Crippen molar-refractivity contribution in [3.05, 3.63) is 57.8 Å². The Morgan fingerprint density at radius 2 is 2.10 bits per heavy atom. The van der Waals surface area contributed by atoms with Crippen LogP contribution in [0.3, 0.4) is 0 Å². The standard InChI is InChI=1S/C13H10N4O4/c18-10-4-3-7(17(20)21)6-9(10)12-15-11-8(13(19)16-12)2-1-5-14-11/h1-6,12,18H,(H,14,15)(H,16,19)/t12-/m1/s1. The Kier molecular flexibility index (Phi) is 2.90. The first kappa shape index (κ1) is 12.9. The molecule has 0 spiro atoms. The van der Waals surface area contributed by atoms with E-state index in [0.29, 0.717) is 11.4 Å². The maximum Gasteiger partial charge on any atom is 0.270 e. The topological polar surface area (TPSA) is 117 Å². The third-order valence-corrected chi connectivity index (χ3v) is 3.14. The summed E-state index contributed by atoms with van der Waals surface area (Å²) in [6.07, 6.45) is 0.731. The molecule has 1 aliphatic rings. The SMILES string of the molecule is O=C1N[C@H](c2cc([N+](=O)[O-])ccc2O)Nc2ncccc21. The van der Waals surface area contributed by atoms with E-state index in [0.717, 1.165) is 0 Å². The monoisotopic (exact) mass is 286 g/mol. The van der Waals surface area contributed by atoms with Crippen LogP contribution in [0, 0.1) is 10.1 Å². The van der Waals surface area contributed by atoms with E-state index in [2.05, 4.69) is 15.6 Å². The summed E-state index contributed by atoms with van der Waals surface area (Å²) < 4.78 is 0. The highest BCUT2D eigenvalue weighted by atomic mass is 16.6. The van der Waals surface area contributed by atoms with Gasteiger partial charge in [-0.2, -0.15) is 0 Å². The van der Waals surface area contributed by atoms with Gasteiger partial charge in [0.1, 0.15) is 17.7 Å². The van der Waals surface area contributed by atoms with Crippen LogP contribution in [0.5, 0.6) is 5.75 Å². The van der Waals surface area contributed by atoms with Gasteiger partial charge in [0.25, 0.3) is 11.6 Å². The number of rotatable bonds is 2. The minimum atomic E-state index is -0.792. The van der Waals surface area contributed by atoms with Crippen molar-refractivity contribution in [2.45, 2.75) is 6.17 Å². The molecule has 0 radical (unpaired) electrons. The van der Waals surface area contributed by atoms with Crippen LogP contribution in [0.1, 0.15) is 22.1 Å². The fourth-order valence-electron chi connectivity index (χ4n) is 2.13. The maximum atomic E-state index is 12.0. The Labute approximate surface area is 118 Å². The summed E-state index contributed by atoms with van der Waals surface area (Å²) >= 11 is 0. The average Bonchev–Trinajstić information content (AvgIpc) is 2.47. The summed E-state index contributed by atoms with van der Waals surface area (Å²) in [5.41, 5.74) is 0.401. The lowest BCUT2D eigenvalue weighted by Gasteiger charge is -2.27. The fraction of sp³-hybridized carbons (Fsp3) is 0.0769. The second-order valence-electron chi connectivity index (χ2n) is 4.45. The van der Waals surface area contributed by atoms with Crippen molar-refractivity contribution >= 4 is 17.4 Å².